The zero-order chi connectivity index (χ0) is 23.5. The van der Waals surface area contributed by atoms with E-state index in [1.165, 1.54) is 0 Å². The molecular formula is C26H26N8. The van der Waals surface area contributed by atoms with Gasteiger partial charge in [-0.15, -0.1) is 5.10 Å². The van der Waals surface area contributed by atoms with Crippen LogP contribution in [0.25, 0.3) is 33.9 Å². The Kier molecular flexibility index (Phi) is 5.86. The van der Waals surface area contributed by atoms with Gasteiger partial charge >= 0.3 is 0 Å². The Morgan fingerprint density at radius 3 is 2.26 bits per heavy atom. The summed E-state index contributed by atoms with van der Waals surface area (Å²) in [5.41, 5.74) is 11.9. The Morgan fingerprint density at radius 1 is 0.882 bits per heavy atom. The Bertz CT molecular complexity index is 1370. The van der Waals surface area contributed by atoms with E-state index in [2.05, 4.69) is 64.8 Å². The van der Waals surface area contributed by atoms with Crippen LogP contribution in [-0.2, 0) is 13.0 Å². The molecule has 0 aliphatic carbocycles. The molecule has 0 fully saturated rings. The summed E-state index contributed by atoms with van der Waals surface area (Å²) in [6.07, 6.45) is 0.835. The quantitative estimate of drug-likeness (QED) is 0.350. The number of rotatable bonds is 7. The predicted molar refractivity (Wildman–Crippen MR) is 133 cm³/mol. The molecule has 34 heavy (non-hydrogen) atoms. The van der Waals surface area contributed by atoms with E-state index in [9.17, 15) is 0 Å². The van der Waals surface area contributed by atoms with Crippen molar-refractivity contribution in [3.8, 4) is 33.9 Å². The second-order valence-electron chi connectivity index (χ2n) is 8.72. The summed E-state index contributed by atoms with van der Waals surface area (Å²) in [6.45, 7) is 4.97. The fourth-order valence-corrected chi connectivity index (χ4v) is 3.97. The number of nitrogens with one attached hydrogen (secondary N) is 1. The lowest BCUT2D eigenvalue weighted by Gasteiger charge is -2.10. The number of hydrogen-bond donors (Lipinski definition) is 2. The van der Waals surface area contributed by atoms with Gasteiger partial charge in [0.15, 0.2) is 17.5 Å². The van der Waals surface area contributed by atoms with Crippen LogP contribution in [0.3, 0.4) is 0 Å². The highest BCUT2D eigenvalue weighted by atomic mass is 15.5. The highest BCUT2D eigenvalue weighted by Crippen LogP contribution is 2.30. The third-order valence-corrected chi connectivity index (χ3v) is 5.60. The first-order chi connectivity index (χ1) is 16.6. The second kappa shape index (κ2) is 9.27. The SMILES string of the molecule is CC(C)Cc1nc(-c2ccc(N)cc2)n(Cc2ccc(-c3ccccc3-c3nnn[nH]3)cc2)n1. The number of aromatic nitrogens is 7. The minimum atomic E-state index is 0.481. The van der Waals surface area contributed by atoms with E-state index in [1.54, 1.807) is 0 Å². The Labute approximate surface area is 197 Å². The molecule has 170 valence electrons. The molecule has 5 rings (SSSR count). The van der Waals surface area contributed by atoms with Gasteiger partial charge in [-0.05, 0) is 57.3 Å². The lowest BCUT2D eigenvalue weighted by Crippen LogP contribution is -2.05. The molecule has 3 aromatic carbocycles. The van der Waals surface area contributed by atoms with Gasteiger partial charge in [-0.25, -0.2) is 14.8 Å². The number of tetrazole rings is 1. The molecule has 3 N–H and O–H groups in total. The predicted octanol–water partition coefficient (Wildman–Crippen LogP) is 4.62. The fourth-order valence-electron chi connectivity index (χ4n) is 3.97. The average molecular weight is 451 g/mol. The molecule has 2 aromatic heterocycles. The minimum Gasteiger partial charge on any atom is -0.399 e. The number of benzene rings is 3. The first-order valence-electron chi connectivity index (χ1n) is 11.3. The molecule has 0 saturated carbocycles. The lowest BCUT2D eigenvalue weighted by atomic mass is 9.98. The maximum Gasteiger partial charge on any atom is 0.180 e. The van der Waals surface area contributed by atoms with E-state index in [0.29, 0.717) is 18.3 Å². The molecule has 0 aliphatic rings. The van der Waals surface area contributed by atoms with Gasteiger partial charge < -0.3 is 5.73 Å². The first-order valence-corrected chi connectivity index (χ1v) is 11.3. The molecule has 0 unspecified atom stereocenters. The van der Waals surface area contributed by atoms with E-state index < -0.39 is 0 Å². The second-order valence-corrected chi connectivity index (χ2v) is 8.72. The van der Waals surface area contributed by atoms with E-state index in [-0.39, 0.29) is 0 Å². The fraction of sp³-hybridized carbons (Fsp3) is 0.192. The van der Waals surface area contributed by atoms with Crippen molar-refractivity contribution in [2.75, 3.05) is 5.73 Å². The number of nitrogens with two attached hydrogens (primary N) is 1. The normalized spacial score (nSPS) is 11.3. The third kappa shape index (κ3) is 4.56. The van der Waals surface area contributed by atoms with Crippen LogP contribution in [0.15, 0.2) is 72.8 Å². The number of aromatic amines is 1. The van der Waals surface area contributed by atoms with Gasteiger partial charge in [0.1, 0.15) is 0 Å². The molecule has 5 aromatic rings. The summed E-state index contributed by atoms with van der Waals surface area (Å²) in [5, 5.41) is 19.2. The molecule has 0 amide bonds. The van der Waals surface area contributed by atoms with Gasteiger partial charge in [-0.1, -0.05) is 62.4 Å². The van der Waals surface area contributed by atoms with Crippen LogP contribution in [0, 0.1) is 5.92 Å². The van der Waals surface area contributed by atoms with Gasteiger partial charge in [0.05, 0.1) is 6.54 Å². The highest BCUT2D eigenvalue weighted by molar-refractivity contribution is 5.80. The molecule has 2 heterocycles. The maximum absolute atomic E-state index is 5.89. The number of anilines is 1. The van der Waals surface area contributed by atoms with E-state index >= 15 is 0 Å². The maximum atomic E-state index is 5.89. The van der Waals surface area contributed by atoms with Crippen molar-refractivity contribution >= 4 is 5.69 Å². The minimum absolute atomic E-state index is 0.481. The van der Waals surface area contributed by atoms with Gasteiger partial charge in [0.2, 0.25) is 0 Å². The van der Waals surface area contributed by atoms with Crippen molar-refractivity contribution in [2.24, 2.45) is 5.92 Å². The molecule has 0 atom stereocenters. The average Bonchev–Trinajstić information content (AvgIpc) is 3.50. The van der Waals surface area contributed by atoms with Crippen molar-refractivity contribution < 1.29 is 0 Å². The van der Waals surface area contributed by atoms with Crippen molar-refractivity contribution in [1.82, 2.24) is 35.4 Å². The van der Waals surface area contributed by atoms with Crippen LogP contribution in [0.2, 0.25) is 0 Å². The molecule has 0 radical (unpaired) electrons. The summed E-state index contributed by atoms with van der Waals surface area (Å²) in [6, 6.07) is 24.3. The molecular weight excluding hydrogens is 424 g/mol. The topological polar surface area (TPSA) is 111 Å². The Morgan fingerprint density at radius 2 is 1.59 bits per heavy atom. The summed E-state index contributed by atoms with van der Waals surface area (Å²) >= 11 is 0. The molecule has 0 bridgehead atoms. The van der Waals surface area contributed by atoms with Gasteiger partial charge in [-0.3, -0.25) is 0 Å². The Hall–Kier alpha value is -4.33. The zero-order valence-corrected chi connectivity index (χ0v) is 19.2. The van der Waals surface area contributed by atoms with Crippen molar-refractivity contribution in [3.63, 3.8) is 0 Å². The number of nitrogen functional groups attached to an aromatic ring is 1. The molecule has 8 nitrogen and oxygen atoms in total. The summed E-state index contributed by atoms with van der Waals surface area (Å²) < 4.78 is 1.98. The van der Waals surface area contributed by atoms with Crippen LogP contribution >= 0.6 is 0 Å². The molecule has 0 spiro atoms. The highest BCUT2D eigenvalue weighted by Gasteiger charge is 2.14. The van der Waals surface area contributed by atoms with Gasteiger partial charge in [0, 0.05) is 23.2 Å². The largest absolute Gasteiger partial charge is 0.399 e. The van der Waals surface area contributed by atoms with Crippen molar-refractivity contribution in [2.45, 2.75) is 26.8 Å². The van der Waals surface area contributed by atoms with Crippen molar-refractivity contribution in [3.05, 3.63) is 84.2 Å². The van der Waals surface area contributed by atoms with Crippen LogP contribution in [0.5, 0.6) is 0 Å². The number of hydrogen-bond acceptors (Lipinski definition) is 6. The van der Waals surface area contributed by atoms with Gasteiger partial charge in [0.25, 0.3) is 0 Å². The van der Waals surface area contributed by atoms with E-state index in [4.69, 9.17) is 15.8 Å². The third-order valence-electron chi connectivity index (χ3n) is 5.60. The smallest absolute Gasteiger partial charge is 0.180 e. The van der Waals surface area contributed by atoms with Crippen LogP contribution in [-0.4, -0.2) is 35.4 Å². The lowest BCUT2D eigenvalue weighted by molar-refractivity contribution is 0.604. The zero-order valence-electron chi connectivity index (χ0n) is 19.2. The summed E-state index contributed by atoms with van der Waals surface area (Å²) in [4.78, 5) is 4.84. The number of nitrogens with zero attached hydrogens (tertiary/aromatic N) is 6. The number of H-pyrrole nitrogens is 1. The van der Waals surface area contributed by atoms with Crippen LogP contribution < -0.4 is 5.73 Å². The van der Waals surface area contributed by atoms with E-state index in [0.717, 1.165) is 51.6 Å². The Balaban J connectivity index is 1.45. The molecule has 8 heteroatoms. The summed E-state index contributed by atoms with van der Waals surface area (Å²) in [7, 11) is 0. The van der Waals surface area contributed by atoms with Crippen molar-refractivity contribution in [1.29, 1.82) is 0 Å². The molecule has 0 saturated heterocycles. The van der Waals surface area contributed by atoms with Crippen LogP contribution in [0.1, 0.15) is 25.2 Å². The monoisotopic (exact) mass is 450 g/mol. The first kappa shape index (κ1) is 21.5. The van der Waals surface area contributed by atoms with Gasteiger partial charge in [-0.2, -0.15) is 5.10 Å². The summed E-state index contributed by atoms with van der Waals surface area (Å²) in [5.74, 6) is 2.83. The molecule has 0 aliphatic heterocycles. The van der Waals surface area contributed by atoms with Crippen LogP contribution in [0.4, 0.5) is 5.69 Å². The van der Waals surface area contributed by atoms with E-state index in [1.807, 2.05) is 47.1 Å². The standard InChI is InChI=1S/C26H26N8/c1-17(2)15-24-28-26(20-11-13-21(27)14-12-20)34(31-24)16-18-7-9-19(10-8-18)22-5-3-4-6-23(22)25-29-32-33-30-25/h3-14,17H,15-16,27H2,1-2H3,(H,29,30,32,33).